The van der Waals surface area contributed by atoms with Crippen LogP contribution in [0.15, 0.2) is 47.2 Å². The van der Waals surface area contributed by atoms with Crippen LogP contribution in [0.5, 0.6) is 0 Å². The largest absolute Gasteiger partial charge is 0.513 e. The number of hydrogen-bond donors (Lipinski definition) is 2. The number of hydrogen-bond acceptors (Lipinski definition) is 8. The van der Waals surface area contributed by atoms with Crippen LogP contribution in [0.25, 0.3) is 0 Å². The van der Waals surface area contributed by atoms with Gasteiger partial charge in [0.1, 0.15) is 24.0 Å². The molecular formula is C21H27NO7. The van der Waals surface area contributed by atoms with Gasteiger partial charge in [0.05, 0.1) is 24.1 Å². The molecule has 8 nitrogen and oxygen atoms in total. The summed E-state index contributed by atoms with van der Waals surface area (Å²) < 4.78 is 20.8. The van der Waals surface area contributed by atoms with E-state index in [0.717, 1.165) is 11.1 Å². The summed E-state index contributed by atoms with van der Waals surface area (Å²) in [5.41, 5.74) is 2.96. The number of rotatable bonds is 6. The SMILES string of the molecule is CC1=C(OC(=O)OCCO)C(c2ccc(C)cc2)C(OC(=O)OC(C)C)=C(C)N1. The van der Waals surface area contributed by atoms with E-state index in [4.69, 9.17) is 24.1 Å². The van der Waals surface area contributed by atoms with Crippen LogP contribution >= 0.6 is 0 Å². The zero-order valence-electron chi connectivity index (χ0n) is 17.3. The number of benzene rings is 1. The van der Waals surface area contributed by atoms with E-state index < -0.39 is 18.2 Å². The van der Waals surface area contributed by atoms with Gasteiger partial charge in [0.15, 0.2) is 0 Å². The Morgan fingerprint density at radius 3 is 2.07 bits per heavy atom. The van der Waals surface area contributed by atoms with Gasteiger partial charge in [0.25, 0.3) is 0 Å². The normalized spacial score (nSPS) is 16.4. The van der Waals surface area contributed by atoms with Crippen molar-refractivity contribution >= 4 is 12.3 Å². The minimum absolute atomic E-state index is 0.188. The lowest BCUT2D eigenvalue weighted by atomic mass is 9.90. The van der Waals surface area contributed by atoms with E-state index in [1.807, 2.05) is 31.2 Å². The fraction of sp³-hybridized carbons (Fsp3) is 0.429. The molecule has 2 N–H and O–H groups in total. The number of aryl methyl sites for hydroxylation is 1. The van der Waals surface area contributed by atoms with Gasteiger partial charge >= 0.3 is 12.3 Å². The highest BCUT2D eigenvalue weighted by Gasteiger charge is 2.35. The van der Waals surface area contributed by atoms with Crippen molar-refractivity contribution < 1.29 is 33.6 Å². The lowest BCUT2D eigenvalue weighted by molar-refractivity contribution is 0.0432. The summed E-state index contributed by atoms with van der Waals surface area (Å²) in [4.78, 5) is 24.2. The quantitative estimate of drug-likeness (QED) is 0.688. The summed E-state index contributed by atoms with van der Waals surface area (Å²) in [6.45, 7) is 8.37. The van der Waals surface area contributed by atoms with Crippen LogP contribution in [-0.2, 0) is 18.9 Å². The van der Waals surface area contributed by atoms with Crippen LogP contribution in [0.3, 0.4) is 0 Å². The van der Waals surface area contributed by atoms with Gasteiger partial charge in [0.2, 0.25) is 0 Å². The Hall–Kier alpha value is -3.00. The Kier molecular flexibility index (Phi) is 7.67. The fourth-order valence-electron chi connectivity index (χ4n) is 2.84. The Labute approximate surface area is 170 Å². The fourth-order valence-corrected chi connectivity index (χ4v) is 2.84. The number of carbonyl (C=O) groups is 2. The van der Waals surface area contributed by atoms with Gasteiger partial charge in [-0.1, -0.05) is 29.8 Å². The molecule has 1 aromatic rings. The minimum Gasteiger partial charge on any atom is -0.432 e. The molecule has 0 saturated heterocycles. The molecule has 0 saturated carbocycles. The Balaban J connectivity index is 2.42. The third-order valence-electron chi connectivity index (χ3n) is 4.08. The average Bonchev–Trinajstić information content (AvgIpc) is 2.64. The van der Waals surface area contributed by atoms with E-state index in [-0.39, 0.29) is 30.8 Å². The molecule has 29 heavy (non-hydrogen) atoms. The molecule has 0 aromatic heterocycles. The second-order valence-electron chi connectivity index (χ2n) is 6.89. The molecule has 1 aliphatic heterocycles. The summed E-state index contributed by atoms with van der Waals surface area (Å²) in [6, 6.07) is 7.55. The smallest absolute Gasteiger partial charge is 0.432 e. The third kappa shape index (κ3) is 5.99. The van der Waals surface area contributed by atoms with Gasteiger partial charge in [0, 0.05) is 0 Å². The van der Waals surface area contributed by atoms with Crippen molar-refractivity contribution in [3.63, 3.8) is 0 Å². The first kappa shape index (κ1) is 22.3. The lowest BCUT2D eigenvalue weighted by Gasteiger charge is -2.30. The van der Waals surface area contributed by atoms with Crippen molar-refractivity contribution in [2.45, 2.75) is 46.6 Å². The number of aliphatic hydroxyl groups excluding tert-OH is 1. The molecule has 0 fully saturated rings. The molecule has 0 spiro atoms. The summed E-state index contributed by atoms with van der Waals surface area (Å²) in [5.74, 6) is -0.178. The molecule has 2 rings (SSSR count). The van der Waals surface area contributed by atoms with E-state index in [9.17, 15) is 9.59 Å². The molecular weight excluding hydrogens is 378 g/mol. The van der Waals surface area contributed by atoms with E-state index in [1.165, 1.54) is 0 Å². The Morgan fingerprint density at radius 2 is 1.55 bits per heavy atom. The summed E-state index contributed by atoms with van der Waals surface area (Å²) in [5, 5.41) is 11.9. The first-order chi connectivity index (χ1) is 13.7. The number of aliphatic hydroxyl groups is 1. The maximum atomic E-state index is 12.2. The van der Waals surface area contributed by atoms with Gasteiger partial charge in [-0.15, -0.1) is 0 Å². The highest BCUT2D eigenvalue weighted by molar-refractivity contribution is 5.65. The van der Waals surface area contributed by atoms with E-state index in [0.29, 0.717) is 11.4 Å². The van der Waals surface area contributed by atoms with Crippen LogP contribution < -0.4 is 5.32 Å². The van der Waals surface area contributed by atoms with Crippen LogP contribution in [0.4, 0.5) is 9.59 Å². The first-order valence-electron chi connectivity index (χ1n) is 9.32. The van der Waals surface area contributed by atoms with Gasteiger partial charge < -0.3 is 29.4 Å². The zero-order chi connectivity index (χ0) is 21.6. The number of dihydropyridines is 1. The molecule has 1 aromatic carbocycles. The highest BCUT2D eigenvalue weighted by atomic mass is 16.7. The Morgan fingerprint density at radius 1 is 1.00 bits per heavy atom. The minimum atomic E-state index is -0.962. The van der Waals surface area contributed by atoms with Crippen molar-refractivity contribution in [3.8, 4) is 0 Å². The lowest BCUT2D eigenvalue weighted by Crippen LogP contribution is -2.29. The topological polar surface area (TPSA) is 103 Å². The highest BCUT2D eigenvalue weighted by Crippen LogP contribution is 2.39. The van der Waals surface area contributed by atoms with E-state index in [1.54, 1.807) is 27.7 Å². The van der Waals surface area contributed by atoms with Crippen molar-refractivity contribution in [1.29, 1.82) is 0 Å². The van der Waals surface area contributed by atoms with Crippen LogP contribution in [0.2, 0.25) is 0 Å². The van der Waals surface area contributed by atoms with E-state index >= 15 is 0 Å². The van der Waals surface area contributed by atoms with Crippen LogP contribution in [0, 0.1) is 6.92 Å². The number of nitrogens with one attached hydrogen (secondary N) is 1. The molecule has 1 heterocycles. The first-order valence-corrected chi connectivity index (χ1v) is 9.32. The zero-order valence-corrected chi connectivity index (χ0v) is 17.3. The molecule has 1 aliphatic rings. The molecule has 0 amide bonds. The maximum absolute atomic E-state index is 12.2. The van der Waals surface area contributed by atoms with Crippen molar-refractivity contribution in [3.05, 3.63) is 58.3 Å². The second kappa shape index (κ2) is 9.97. The predicted molar refractivity (Wildman–Crippen MR) is 105 cm³/mol. The summed E-state index contributed by atoms with van der Waals surface area (Å²) in [6.07, 6.45) is -2.16. The molecule has 158 valence electrons. The van der Waals surface area contributed by atoms with Crippen LogP contribution in [0.1, 0.15) is 44.7 Å². The predicted octanol–water partition coefficient (Wildman–Crippen LogP) is 3.85. The summed E-state index contributed by atoms with van der Waals surface area (Å²) in [7, 11) is 0. The number of allylic oxidation sites excluding steroid dienone is 2. The average molecular weight is 405 g/mol. The summed E-state index contributed by atoms with van der Waals surface area (Å²) >= 11 is 0. The molecule has 1 atom stereocenters. The van der Waals surface area contributed by atoms with Crippen molar-refractivity contribution in [2.24, 2.45) is 0 Å². The monoisotopic (exact) mass is 405 g/mol. The Bertz CT molecular complexity index is 809. The number of ether oxygens (including phenoxy) is 4. The van der Waals surface area contributed by atoms with Crippen molar-refractivity contribution in [2.75, 3.05) is 13.2 Å². The molecule has 1 unspecified atom stereocenters. The number of carbonyl (C=O) groups excluding carboxylic acids is 2. The van der Waals surface area contributed by atoms with Gasteiger partial charge in [-0.2, -0.15) is 0 Å². The maximum Gasteiger partial charge on any atom is 0.513 e. The van der Waals surface area contributed by atoms with Gasteiger partial charge in [-0.05, 0) is 40.2 Å². The standard InChI is InChI=1S/C21H27NO7/c1-12(2)27-21(25)29-19-15(5)22-14(4)18(28-20(24)26-11-10-23)17(19)16-8-6-13(3)7-9-16/h6-9,12,17,22-23H,10-11H2,1-5H3. The second-order valence-corrected chi connectivity index (χ2v) is 6.89. The third-order valence-corrected chi connectivity index (χ3v) is 4.08. The molecule has 8 heteroatoms. The van der Waals surface area contributed by atoms with E-state index in [2.05, 4.69) is 5.32 Å². The van der Waals surface area contributed by atoms with Gasteiger partial charge in [-0.3, -0.25) is 0 Å². The molecule has 0 radical (unpaired) electrons. The molecule has 0 aliphatic carbocycles. The van der Waals surface area contributed by atoms with Crippen molar-refractivity contribution in [1.82, 2.24) is 5.32 Å². The molecule has 0 bridgehead atoms. The van der Waals surface area contributed by atoms with Gasteiger partial charge in [-0.25, -0.2) is 9.59 Å². The van der Waals surface area contributed by atoms with Crippen LogP contribution in [-0.4, -0.2) is 36.7 Å².